The van der Waals surface area contributed by atoms with E-state index in [0.717, 1.165) is 29.4 Å². The Labute approximate surface area is 152 Å². The SMILES string of the molecule is Cc1cccc2cc(C(=O)N3CC[C@@H]4[C@@H](CCC(=O)N4CCN)C3)oc12. The van der Waals surface area contributed by atoms with Gasteiger partial charge in [-0.1, -0.05) is 18.2 Å². The number of para-hydroxylation sites is 1. The highest BCUT2D eigenvalue weighted by molar-refractivity contribution is 5.96. The first-order chi connectivity index (χ1) is 12.6. The number of benzene rings is 1. The molecule has 2 amide bonds. The van der Waals surface area contributed by atoms with Gasteiger partial charge in [0.05, 0.1) is 0 Å². The summed E-state index contributed by atoms with van der Waals surface area (Å²) in [5.41, 5.74) is 7.48. The molecule has 1 aromatic carbocycles. The molecule has 0 bridgehead atoms. The molecule has 2 atom stereocenters. The van der Waals surface area contributed by atoms with Crippen molar-refractivity contribution in [3.8, 4) is 0 Å². The number of rotatable bonds is 3. The minimum absolute atomic E-state index is 0.0543. The Morgan fingerprint density at radius 3 is 2.96 bits per heavy atom. The van der Waals surface area contributed by atoms with Gasteiger partial charge in [0.1, 0.15) is 5.58 Å². The number of furan rings is 1. The number of hydrogen-bond donors (Lipinski definition) is 1. The second-order valence-electron chi connectivity index (χ2n) is 7.39. The fourth-order valence-corrected chi connectivity index (χ4v) is 4.44. The Balaban J connectivity index is 1.52. The molecule has 4 rings (SSSR count). The van der Waals surface area contributed by atoms with Crippen LogP contribution in [0.4, 0.5) is 0 Å². The van der Waals surface area contributed by atoms with Crippen LogP contribution in [0.2, 0.25) is 0 Å². The number of nitrogens with zero attached hydrogens (tertiary/aromatic N) is 2. The molecule has 2 N–H and O–H groups in total. The van der Waals surface area contributed by atoms with E-state index in [0.29, 0.717) is 44.3 Å². The largest absolute Gasteiger partial charge is 0.451 e. The third-order valence-corrected chi connectivity index (χ3v) is 5.75. The predicted molar refractivity (Wildman–Crippen MR) is 98.8 cm³/mol. The van der Waals surface area contributed by atoms with Crippen LogP contribution in [0.1, 0.15) is 35.4 Å². The van der Waals surface area contributed by atoms with Gasteiger partial charge >= 0.3 is 0 Å². The van der Waals surface area contributed by atoms with Crippen LogP contribution in [0.3, 0.4) is 0 Å². The number of likely N-dealkylation sites (tertiary alicyclic amines) is 2. The molecule has 2 aliphatic heterocycles. The van der Waals surface area contributed by atoms with E-state index in [9.17, 15) is 9.59 Å². The minimum atomic E-state index is -0.0543. The summed E-state index contributed by atoms with van der Waals surface area (Å²) in [5.74, 6) is 0.868. The van der Waals surface area contributed by atoms with Gasteiger partial charge in [0.15, 0.2) is 5.76 Å². The van der Waals surface area contributed by atoms with Crippen LogP contribution >= 0.6 is 0 Å². The van der Waals surface area contributed by atoms with Crippen LogP contribution in [-0.2, 0) is 4.79 Å². The molecule has 0 spiro atoms. The highest BCUT2D eigenvalue weighted by Gasteiger charge is 2.40. The number of carbonyl (C=O) groups is 2. The monoisotopic (exact) mass is 355 g/mol. The molecule has 0 unspecified atom stereocenters. The summed E-state index contributed by atoms with van der Waals surface area (Å²) in [6, 6.07) is 7.96. The molecule has 2 saturated heterocycles. The second kappa shape index (κ2) is 6.76. The van der Waals surface area contributed by atoms with Crippen molar-refractivity contribution in [1.29, 1.82) is 0 Å². The first-order valence-corrected chi connectivity index (χ1v) is 9.36. The molecule has 26 heavy (non-hydrogen) atoms. The summed E-state index contributed by atoms with van der Waals surface area (Å²) >= 11 is 0. The maximum atomic E-state index is 13.0. The number of amides is 2. The van der Waals surface area contributed by atoms with Crippen LogP contribution in [0.5, 0.6) is 0 Å². The second-order valence-corrected chi connectivity index (χ2v) is 7.39. The maximum Gasteiger partial charge on any atom is 0.289 e. The smallest absolute Gasteiger partial charge is 0.289 e. The molecule has 2 fully saturated rings. The minimum Gasteiger partial charge on any atom is -0.451 e. The lowest BCUT2D eigenvalue weighted by Crippen LogP contribution is -2.57. The average molecular weight is 355 g/mol. The van der Waals surface area contributed by atoms with Crippen molar-refractivity contribution in [3.05, 3.63) is 35.6 Å². The van der Waals surface area contributed by atoms with E-state index in [4.69, 9.17) is 10.2 Å². The summed E-state index contributed by atoms with van der Waals surface area (Å²) in [6.45, 7) is 4.39. The van der Waals surface area contributed by atoms with Crippen LogP contribution < -0.4 is 5.73 Å². The van der Waals surface area contributed by atoms with Gasteiger partial charge in [-0.05, 0) is 37.3 Å². The zero-order valence-corrected chi connectivity index (χ0v) is 15.1. The third-order valence-electron chi connectivity index (χ3n) is 5.75. The van der Waals surface area contributed by atoms with Gasteiger partial charge in [-0.25, -0.2) is 0 Å². The summed E-state index contributed by atoms with van der Waals surface area (Å²) < 4.78 is 5.85. The fourth-order valence-electron chi connectivity index (χ4n) is 4.44. The lowest BCUT2D eigenvalue weighted by atomic mass is 9.83. The first-order valence-electron chi connectivity index (χ1n) is 9.36. The van der Waals surface area contributed by atoms with Gasteiger partial charge in [0.2, 0.25) is 5.91 Å². The van der Waals surface area contributed by atoms with Crippen molar-refractivity contribution in [1.82, 2.24) is 9.80 Å². The first kappa shape index (κ1) is 17.1. The average Bonchev–Trinajstić information content (AvgIpc) is 3.09. The zero-order chi connectivity index (χ0) is 18.3. The van der Waals surface area contributed by atoms with E-state index in [2.05, 4.69) is 0 Å². The van der Waals surface area contributed by atoms with Crippen molar-refractivity contribution < 1.29 is 14.0 Å². The van der Waals surface area contributed by atoms with E-state index in [1.165, 1.54) is 0 Å². The van der Waals surface area contributed by atoms with Gasteiger partial charge in [0.25, 0.3) is 5.91 Å². The third kappa shape index (κ3) is 2.88. The highest BCUT2D eigenvalue weighted by Crippen LogP contribution is 2.32. The maximum absolute atomic E-state index is 13.0. The molecule has 0 saturated carbocycles. The number of carbonyl (C=O) groups excluding carboxylic acids is 2. The van der Waals surface area contributed by atoms with Crippen LogP contribution in [0, 0.1) is 12.8 Å². The van der Waals surface area contributed by atoms with Crippen LogP contribution in [0.15, 0.2) is 28.7 Å². The molecule has 0 radical (unpaired) electrons. The lowest BCUT2D eigenvalue weighted by Gasteiger charge is -2.46. The summed E-state index contributed by atoms with van der Waals surface area (Å²) in [4.78, 5) is 29.0. The van der Waals surface area contributed by atoms with Crippen molar-refractivity contribution in [2.75, 3.05) is 26.2 Å². The molecule has 1 aromatic heterocycles. The van der Waals surface area contributed by atoms with Crippen molar-refractivity contribution in [3.63, 3.8) is 0 Å². The number of aryl methyl sites for hydroxylation is 1. The summed E-state index contributed by atoms with van der Waals surface area (Å²) in [7, 11) is 0. The van der Waals surface area contributed by atoms with Crippen molar-refractivity contribution in [2.24, 2.45) is 11.7 Å². The zero-order valence-electron chi connectivity index (χ0n) is 15.1. The molecule has 2 aromatic rings. The van der Waals surface area contributed by atoms with E-state index in [1.54, 1.807) is 0 Å². The highest BCUT2D eigenvalue weighted by atomic mass is 16.3. The van der Waals surface area contributed by atoms with Crippen LogP contribution in [-0.4, -0.2) is 53.8 Å². The number of hydrogen-bond acceptors (Lipinski definition) is 4. The number of nitrogens with two attached hydrogens (primary N) is 1. The topological polar surface area (TPSA) is 79.8 Å². The predicted octanol–water partition coefficient (Wildman–Crippen LogP) is 2.15. The van der Waals surface area contributed by atoms with E-state index in [-0.39, 0.29) is 17.9 Å². The Hall–Kier alpha value is -2.34. The summed E-state index contributed by atoms with van der Waals surface area (Å²) in [6.07, 6.45) is 2.20. The van der Waals surface area contributed by atoms with Crippen molar-refractivity contribution in [2.45, 2.75) is 32.2 Å². The van der Waals surface area contributed by atoms with Gasteiger partial charge in [-0.15, -0.1) is 0 Å². The van der Waals surface area contributed by atoms with Gasteiger partial charge in [0, 0.05) is 44.0 Å². The van der Waals surface area contributed by atoms with Gasteiger partial charge < -0.3 is 20.0 Å². The Kier molecular flexibility index (Phi) is 4.44. The summed E-state index contributed by atoms with van der Waals surface area (Å²) in [5, 5.41) is 0.959. The van der Waals surface area contributed by atoms with E-state index < -0.39 is 0 Å². The van der Waals surface area contributed by atoms with Gasteiger partial charge in [-0.2, -0.15) is 0 Å². The van der Waals surface area contributed by atoms with E-state index in [1.807, 2.05) is 41.0 Å². The number of piperidine rings is 2. The van der Waals surface area contributed by atoms with Crippen molar-refractivity contribution >= 4 is 22.8 Å². The Morgan fingerprint density at radius 1 is 1.35 bits per heavy atom. The van der Waals surface area contributed by atoms with Gasteiger partial charge in [-0.3, -0.25) is 9.59 Å². The molecular weight excluding hydrogens is 330 g/mol. The molecule has 6 nitrogen and oxygen atoms in total. The van der Waals surface area contributed by atoms with E-state index >= 15 is 0 Å². The number of fused-ring (bicyclic) bond motifs is 2. The quantitative estimate of drug-likeness (QED) is 0.915. The molecule has 6 heteroatoms. The normalized spacial score (nSPS) is 23.4. The van der Waals surface area contributed by atoms with Crippen LogP contribution in [0.25, 0.3) is 11.0 Å². The molecule has 0 aliphatic carbocycles. The molecular formula is C20H25N3O3. The lowest BCUT2D eigenvalue weighted by molar-refractivity contribution is -0.140. The standard InChI is InChI=1S/C20H25N3O3/c1-13-3-2-4-14-11-17(26-19(13)14)20(25)22-9-7-16-15(12-22)5-6-18(24)23(16)10-8-21/h2-4,11,15-16H,5-10,12,21H2,1H3/t15-,16+/m0/s1. The molecule has 2 aliphatic rings. The molecule has 138 valence electrons. The fraction of sp³-hybridized carbons (Fsp3) is 0.500. The molecule has 3 heterocycles. The Morgan fingerprint density at radius 2 is 2.19 bits per heavy atom. The Bertz CT molecular complexity index is 844.